The number of hydrogen-bond donors (Lipinski definition) is 1. The Kier molecular flexibility index (Phi) is 9.54. The highest BCUT2D eigenvalue weighted by Gasteiger charge is 2.32. The Labute approximate surface area is 120 Å². The van der Waals surface area contributed by atoms with Gasteiger partial charge in [0.1, 0.15) is 0 Å². The molecular weight excluding hydrogens is 234 g/mol. The lowest BCUT2D eigenvalue weighted by Gasteiger charge is -2.28. The van der Waals surface area contributed by atoms with Crippen molar-refractivity contribution in [1.29, 1.82) is 0 Å². The van der Waals surface area contributed by atoms with Gasteiger partial charge in [0.05, 0.1) is 13.3 Å². The van der Waals surface area contributed by atoms with Crippen molar-refractivity contribution in [3.63, 3.8) is 0 Å². The van der Waals surface area contributed by atoms with Crippen molar-refractivity contribution < 1.29 is 4.74 Å². The van der Waals surface area contributed by atoms with Crippen molar-refractivity contribution in [3.8, 4) is 0 Å². The van der Waals surface area contributed by atoms with Crippen molar-refractivity contribution in [2.75, 3.05) is 13.3 Å². The second kappa shape index (κ2) is 10.7. The molecule has 0 spiro atoms. The molecule has 0 saturated carbocycles. The first kappa shape index (κ1) is 17.0. The summed E-state index contributed by atoms with van der Waals surface area (Å²) in [4.78, 5) is 0. The van der Waals surface area contributed by atoms with Gasteiger partial charge in [0.2, 0.25) is 0 Å². The molecule has 2 heteroatoms. The van der Waals surface area contributed by atoms with Gasteiger partial charge in [-0.2, -0.15) is 0 Å². The second-order valence-electron chi connectivity index (χ2n) is 6.28. The molecule has 1 rings (SSSR count). The highest BCUT2D eigenvalue weighted by molar-refractivity contribution is 4.90. The number of ether oxygens (including phenoxy) is 1. The van der Waals surface area contributed by atoms with Gasteiger partial charge in [-0.25, -0.2) is 0 Å². The lowest BCUT2D eigenvalue weighted by molar-refractivity contribution is 0.169. The Balaban J connectivity index is 2.08. The summed E-state index contributed by atoms with van der Waals surface area (Å²) >= 11 is 0. The van der Waals surface area contributed by atoms with Crippen LogP contribution >= 0.6 is 0 Å². The maximum absolute atomic E-state index is 5.59. The van der Waals surface area contributed by atoms with E-state index in [0.717, 1.165) is 13.3 Å². The summed E-state index contributed by atoms with van der Waals surface area (Å²) in [5.41, 5.74) is 0.318. The third-order valence-corrected chi connectivity index (χ3v) is 4.45. The topological polar surface area (TPSA) is 21.3 Å². The van der Waals surface area contributed by atoms with Gasteiger partial charge in [-0.3, -0.25) is 5.32 Å². The van der Waals surface area contributed by atoms with E-state index in [-0.39, 0.29) is 0 Å². The molecule has 19 heavy (non-hydrogen) atoms. The van der Waals surface area contributed by atoms with Gasteiger partial charge in [0.15, 0.2) is 0 Å². The molecule has 1 aliphatic rings. The first-order valence-electron chi connectivity index (χ1n) is 8.66. The van der Waals surface area contributed by atoms with Crippen LogP contribution in [0.1, 0.15) is 90.9 Å². The smallest absolute Gasteiger partial charge is 0.0971 e. The van der Waals surface area contributed by atoms with Gasteiger partial charge < -0.3 is 4.74 Å². The summed E-state index contributed by atoms with van der Waals surface area (Å²) in [5, 5.41) is 3.62. The normalized spacial score (nSPS) is 23.1. The minimum absolute atomic E-state index is 0.318. The van der Waals surface area contributed by atoms with Crippen LogP contribution in [0.15, 0.2) is 0 Å². The van der Waals surface area contributed by atoms with Gasteiger partial charge in [0, 0.05) is 5.54 Å². The fourth-order valence-corrected chi connectivity index (χ4v) is 3.08. The van der Waals surface area contributed by atoms with E-state index in [1.54, 1.807) is 0 Å². The molecule has 0 aromatic heterocycles. The van der Waals surface area contributed by atoms with Crippen molar-refractivity contribution in [2.45, 2.75) is 96.4 Å². The molecule has 0 amide bonds. The minimum atomic E-state index is 0.318. The van der Waals surface area contributed by atoms with Gasteiger partial charge in [0.25, 0.3) is 0 Å². The quantitative estimate of drug-likeness (QED) is 0.502. The first-order chi connectivity index (χ1) is 9.33. The van der Waals surface area contributed by atoms with Crippen LogP contribution in [-0.2, 0) is 4.74 Å². The SMILES string of the molecule is CCCCCCCCCC1(CCCCC)COCN1. The number of unbranched alkanes of at least 4 members (excludes halogenated alkanes) is 8. The summed E-state index contributed by atoms with van der Waals surface area (Å²) < 4.78 is 5.59. The Hall–Kier alpha value is -0.0800. The highest BCUT2D eigenvalue weighted by atomic mass is 16.5. The van der Waals surface area contributed by atoms with Crippen LogP contribution in [0, 0.1) is 0 Å². The van der Waals surface area contributed by atoms with E-state index in [4.69, 9.17) is 4.74 Å². The maximum atomic E-state index is 5.59. The summed E-state index contributed by atoms with van der Waals surface area (Å²) in [6, 6.07) is 0. The van der Waals surface area contributed by atoms with E-state index in [9.17, 15) is 0 Å². The molecule has 1 atom stereocenters. The van der Waals surface area contributed by atoms with Crippen molar-refractivity contribution in [3.05, 3.63) is 0 Å². The van der Waals surface area contributed by atoms with Gasteiger partial charge in [-0.05, 0) is 12.8 Å². The molecule has 114 valence electrons. The molecule has 1 saturated heterocycles. The van der Waals surface area contributed by atoms with Gasteiger partial charge in [-0.15, -0.1) is 0 Å². The van der Waals surface area contributed by atoms with Gasteiger partial charge in [-0.1, -0.05) is 78.1 Å². The van der Waals surface area contributed by atoms with Gasteiger partial charge >= 0.3 is 0 Å². The maximum Gasteiger partial charge on any atom is 0.0971 e. The van der Waals surface area contributed by atoms with Crippen LogP contribution in [0.3, 0.4) is 0 Å². The Morgan fingerprint density at radius 1 is 0.789 bits per heavy atom. The predicted octanol–water partition coefficient (Wildman–Crippen LogP) is 5.02. The molecule has 0 aliphatic carbocycles. The molecule has 1 N–H and O–H groups in total. The zero-order valence-corrected chi connectivity index (χ0v) is 13.3. The van der Waals surface area contributed by atoms with E-state index < -0.39 is 0 Å². The second-order valence-corrected chi connectivity index (χ2v) is 6.28. The fraction of sp³-hybridized carbons (Fsp3) is 1.00. The molecule has 0 radical (unpaired) electrons. The highest BCUT2D eigenvalue weighted by Crippen LogP contribution is 2.26. The third-order valence-electron chi connectivity index (χ3n) is 4.45. The summed E-state index contributed by atoms with van der Waals surface area (Å²) in [6.45, 7) is 6.27. The first-order valence-corrected chi connectivity index (χ1v) is 8.66. The van der Waals surface area contributed by atoms with E-state index in [2.05, 4.69) is 19.2 Å². The van der Waals surface area contributed by atoms with Crippen molar-refractivity contribution in [1.82, 2.24) is 5.32 Å². The predicted molar refractivity (Wildman–Crippen MR) is 83.4 cm³/mol. The van der Waals surface area contributed by atoms with Crippen molar-refractivity contribution in [2.24, 2.45) is 0 Å². The Morgan fingerprint density at radius 2 is 1.32 bits per heavy atom. The lowest BCUT2D eigenvalue weighted by atomic mass is 9.87. The van der Waals surface area contributed by atoms with Crippen LogP contribution < -0.4 is 5.32 Å². The largest absolute Gasteiger partial charge is 0.364 e. The van der Waals surface area contributed by atoms with Crippen LogP contribution in [0.2, 0.25) is 0 Å². The minimum Gasteiger partial charge on any atom is -0.364 e. The molecule has 0 bridgehead atoms. The molecule has 1 aliphatic heterocycles. The van der Waals surface area contributed by atoms with E-state index in [1.165, 1.54) is 77.0 Å². The van der Waals surface area contributed by atoms with Crippen LogP contribution in [0.5, 0.6) is 0 Å². The fourth-order valence-electron chi connectivity index (χ4n) is 3.08. The summed E-state index contributed by atoms with van der Waals surface area (Å²) in [5.74, 6) is 0. The number of rotatable bonds is 12. The van der Waals surface area contributed by atoms with Crippen LogP contribution in [0.25, 0.3) is 0 Å². The van der Waals surface area contributed by atoms with E-state index >= 15 is 0 Å². The Morgan fingerprint density at radius 3 is 1.89 bits per heavy atom. The third kappa shape index (κ3) is 7.31. The van der Waals surface area contributed by atoms with Crippen LogP contribution in [0.4, 0.5) is 0 Å². The van der Waals surface area contributed by atoms with Crippen molar-refractivity contribution >= 4 is 0 Å². The molecule has 2 nitrogen and oxygen atoms in total. The lowest BCUT2D eigenvalue weighted by Crippen LogP contribution is -2.42. The van der Waals surface area contributed by atoms with E-state index in [0.29, 0.717) is 5.54 Å². The monoisotopic (exact) mass is 269 g/mol. The average molecular weight is 269 g/mol. The average Bonchev–Trinajstić information content (AvgIpc) is 2.87. The molecular formula is C17H35NO. The number of hydrogen-bond acceptors (Lipinski definition) is 2. The summed E-state index contributed by atoms with van der Waals surface area (Å²) in [7, 11) is 0. The Bertz CT molecular complexity index is 199. The van der Waals surface area contributed by atoms with E-state index in [1.807, 2.05) is 0 Å². The molecule has 0 aromatic carbocycles. The molecule has 1 unspecified atom stereocenters. The zero-order valence-electron chi connectivity index (χ0n) is 13.3. The molecule has 0 aromatic rings. The van der Waals surface area contributed by atoms with Crippen LogP contribution in [-0.4, -0.2) is 18.9 Å². The zero-order chi connectivity index (χ0) is 13.8. The molecule has 1 heterocycles. The number of nitrogens with one attached hydrogen (secondary N) is 1. The molecule has 1 fully saturated rings. The summed E-state index contributed by atoms with van der Waals surface area (Å²) in [6.07, 6.45) is 16.5. The standard InChI is InChI=1S/C17H35NO/c1-3-5-7-8-9-10-12-14-17(13-11-6-4-2)15-19-16-18-17/h18H,3-16H2,1-2H3.